The Balaban J connectivity index is 2.16. The van der Waals surface area contributed by atoms with Crippen molar-refractivity contribution in [3.63, 3.8) is 0 Å². The first-order valence-electron chi connectivity index (χ1n) is 8.16. The summed E-state index contributed by atoms with van der Waals surface area (Å²) < 4.78 is 30.8. The van der Waals surface area contributed by atoms with Gasteiger partial charge in [-0.2, -0.15) is 0 Å². The number of sulfonamides is 1. The van der Waals surface area contributed by atoms with Gasteiger partial charge < -0.3 is 10.1 Å². The molecule has 140 valence electrons. The molecule has 1 N–H and O–H groups in total. The minimum atomic E-state index is -3.60. The molecule has 0 saturated carbocycles. The third kappa shape index (κ3) is 4.76. The van der Waals surface area contributed by atoms with Crippen LogP contribution >= 0.6 is 0 Å². The van der Waals surface area contributed by atoms with Gasteiger partial charge in [0.2, 0.25) is 15.9 Å². The van der Waals surface area contributed by atoms with E-state index >= 15 is 0 Å². The van der Waals surface area contributed by atoms with E-state index in [0.29, 0.717) is 11.4 Å². The average Bonchev–Trinajstić information content (AvgIpc) is 2.60. The lowest BCUT2D eigenvalue weighted by Crippen LogP contribution is -2.40. The third-order valence-electron chi connectivity index (χ3n) is 4.20. The van der Waals surface area contributed by atoms with E-state index in [9.17, 15) is 13.2 Å². The van der Waals surface area contributed by atoms with Gasteiger partial charge in [-0.25, -0.2) is 8.42 Å². The maximum atomic E-state index is 12.4. The quantitative estimate of drug-likeness (QED) is 0.805. The number of rotatable bonds is 7. The number of ether oxygens (including phenoxy) is 1. The molecule has 0 heterocycles. The van der Waals surface area contributed by atoms with E-state index in [-0.39, 0.29) is 19.0 Å². The molecule has 0 bridgehead atoms. The molecule has 0 aliphatic heterocycles. The Morgan fingerprint density at radius 2 is 1.81 bits per heavy atom. The Morgan fingerprint density at radius 1 is 1.12 bits per heavy atom. The van der Waals surface area contributed by atoms with Crippen LogP contribution in [0.15, 0.2) is 42.5 Å². The highest BCUT2D eigenvalue weighted by atomic mass is 32.2. The molecule has 6 nitrogen and oxygen atoms in total. The molecule has 0 aliphatic rings. The Labute approximate surface area is 154 Å². The molecule has 2 aromatic carbocycles. The van der Waals surface area contributed by atoms with Crippen molar-refractivity contribution in [2.45, 2.75) is 20.4 Å². The van der Waals surface area contributed by atoms with Crippen molar-refractivity contribution >= 4 is 21.6 Å². The maximum absolute atomic E-state index is 12.4. The number of nitrogens with one attached hydrogen (secondary N) is 1. The number of methoxy groups -OCH3 is 1. The minimum absolute atomic E-state index is 0.257. The molecule has 0 aromatic heterocycles. The molecule has 0 radical (unpaired) electrons. The Hall–Kier alpha value is -2.54. The largest absolute Gasteiger partial charge is 0.496 e. The van der Waals surface area contributed by atoms with E-state index in [1.807, 2.05) is 38.1 Å². The molecular weight excluding hydrogens is 352 g/mol. The number of benzene rings is 2. The predicted molar refractivity (Wildman–Crippen MR) is 103 cm³/mol. The molecule has 2 aromatic rings. The lowest BCUT2D eigenvalue weighted by atomic mass is 10.1. The first kappa shape index (κ1) is 19.8. The second-order valence-electron chi connectivity index (χ2n) is 6.08. The van der Waals surface area contributed by atoms with Gasteiger partial charge in [0.1, 0.15) is 12.3 Å². The van der Waals surface area contributed by atoms with E-state index in [2.05, 4.69) is 5.32 Å². The topological polar surface area (TPSA) is 75.7 Å². The van der Waals surface area contributed by atoms with Crippen molar-refractivity contribution in [3.8, 4) is 5.75 Å². The van der Waals surface area contributed by atoms with Gasteiger partial charge >= 0.3 is 0 Å². The number of amides is 1. The van der Waals surface area contributed by atoms with Crippen LogP contribution in [0.5, 0.6) is 5.75 Å². The van der Waals surface area contributed by atoms with Gasteiger partial charge in [-0.05, 0) is 37.1 Å². The van der Waals surface area contributed by atoms with Crippen LogP contribution in [-0.2, 0) is 21.4 Å². The Bertz CT molecular complexity index is 894. The lowest BCUT2D eigenvalue weighted by molar-refractivity contribution is -0.119. The Kier molecular flexibility index (Phi) is 6.26. The van der Waals surface area contributed by atoms with E-state index in [1.165, 1.54) is 0 Å². The fourth-order valence-corrected chi connectivity index (χ4v) is 3.52. The average molecular weight is 376 g/mol. The molecular formula is C19H24N2O4S. The van der Waals surface area contributed by atoms with Crippen LogP contribution in [0.1, 0.15) is 16.7 Å². The monoisotopic (exact) mass is 376 g/mol. The highest BCUT2D eigenvalue weighted by Gasteiger charge is 2.22. The predicted octanol–water partition coefficient (Wildman–Crippen LogP) is 2.39. The molecule has 0 fully saturated rings. The number of carbonyl (C=O) groups is 1. The number of carbonyl (C=O) groups excluding carboxylic acids is 1. The number of hydrogen-bond acceptors (Lipinski definition) is 4. The number of hydrogen-bond donors (Lipinski definition) is 1. The van der Waals surface area contributed by atoms with Crippen molar-refractivity contribution in [2.75, 3.05) is 24.2 Å². The van der Waals surface area contributed by atoms with Gasteiger partial charge in [-0.1, -0.05) is 30.3 Å². The molecule has 2 rings (SSSR count). The highest BCUT2D eigenvalue weighted by Crippen LogP contribution is 2.24. The standard InChI is InChI=1S/C19H24N2O4S/c1-14-8-7-10-17(15(14)2)21(26(4,23)24)13-19(22)20-12-16-9-5-6-11-18(16)25-3/h5-11H,12-13H2,1-4H3,(H,20,22). The molecule has 0 unspecified atom stereocenters. The van der Waals surface area contributed by atoms with E-state index in [1.54, 1.807) is 25.3 Å². The van der Waals surface area contributed by atoms with Crippen LogP contribution in [0, 0.1) is 13.8 Å². The van der Waals surface area contributed by atoms with Gasteiger partial charge in [0.25, 0.3) is 0 Å². The normalized spacial score (nSPS) is 11.1. The SMILES string of the molecule is COc1ccccc1CNC(=O)CN(c1cccc(C)c1C)S(C)(=O)=O. The van der Waals surface area contributed by atoms with Crippen LogP contribution in [0.3, 0.4) is 0 Å². The summed E-state index contributed by atoms with van der Waals surface area (Å²) in [7, 11) is -2.04. The zero-order chi connectivity index (χ0) is 19.3. The molecule has 0 atom stereocenters. The van der Waals surface area contributed by atoms with Crippen LogP contribution in [0.2, 0.25) is 0 Å². The first-order valence-corrected chi connectivity index (χ1v) is 10.0. The van der Waals surface area contributed by atoms with Crippen molar-refractivity contribution in [3.05, 3.63) is 59.2 Å². The van der Waals surface area contributed by atoms with Crippen molar-refractivity contribution in [1.82, 2.24) is 5.32 Å². The van der Waals surface area contributed by atoms with Gasteiger partial charge in [0, 0.05) is 12.1 Å². The van der Waals surface area contributed by atoms with Crippen LogP contribution in [0.4, 0.5) is 5.69 Å². The number of para-hydroxylation sites is 1. The van der Waals surface area contributed by atoms with Gasteiger partial charge in [0.15, 0.2) is 0 Å². The van der Waals surface area contributed by atoms with E-state index in [4.69, 9.17) is 4.74 Å². The van der Waals surface area contributed by atoms with Crippen molar-refractivity contribution in [2.24, 2.45) is 0 Å². The highest BCUT2D eigenvalue weighted by molar-refractivity contribution is 7.92. The second-order valence-corrected chi connectivity index (χ2v) is 7.98. The summed E-state index contributed by atoms with van der Waals surface area (Å²) in [5.74, 6) is 0.282. The van der Waals surface area contributed by atoms with Crippen molar-refractivity contribution in [1.29, 1.82) is 0 Å². The summed E-state index contributed by atoms with van der Waals surface area (Å²) in [4.78, 5) is 12.4. The summed E-state index contributed by atoms with van der Waals surface area (Å²) in [5.41, 5.74) is 3.13. The van der Waals surface area contributed by atoms with Crippen molar-refractivity contribution < 1.29 is 17.9 Å². The molecule has 26 heavy (non-hydrogen) atoms. The zero-order valence-corrected chi connectivity index (χ0v) is 16.3. The fourth-order valence-electron chi connectivity index (χ4n) is 2.62. The maximum Gasteiger partial charge on any atom is 0.241 e. The molecule has 0 aliphatic carbocycles. The molecule has 1 amide bonds. The summed E-state index contributed by atoms with van der Waals surface area (Å²) in [6.45, 7) is 3.72. The van der Waals surface area contributed by atoms with Crippen LogP contribution in [0.25, 0.3) is 0 Å². The van der Waals surface area contributed by atoms with Crippen LogP contribution < -0.4 is 14.4 Å². The fraction of sp³-hybridized carbons (Fsp3) is 0.316. The lowest BCUT2D eigenvalue weighted by Gasteiger charge is -2.24. The molecule has 0 saturated heterocycles. The number of anilines is 1. The summed E-state index contributed by atoms with van der Waals surface area (Å²) in [6, 6.07) is 12.7. The van der Waals surface area contributed by atoms with Gasteiger partial charge in [-0.3, -0.25) is 9.10 Å². The zero-order valence-electron chi connectivity index (χ0n) is 15.4. The smallest absolute Gasteiger partial charge is 0.241 e. The third-order valence-corrected chi connectivity index (χ3v) is 5.33. The summed E-state index contributed by atoms with van der Waals surface area (Å²) in [5, 5.41) is 2.76. The summed E-state index contributed by atoms with van der Waals surface area (Å²) >= 11 is 0. The second kappa shape index (κ2) is 8.23. The first-order chi connectivity index (χ1) is 12.2. The summed E-state index contributed by atoms with van der Waals surface area (Å²) in [6.07, 6.45) is 1.10. The van der Waals surface area contributed by atoms with Gasteiger partial charge in [0.05, 0.1) is 19.1 Å². The minimum Gasteiger partial charge on any atom is -0.496 e. The number of aryl methyl sites for hydroxylation is 1. The van der Waals surface area contributed by atoms with E-state index < -0.39 is 10.0 Å². The molecule has 0 spiro atoms. The van der Waals surface area contributed by atoms with Gasteiger partial charge in [-0.15, -0.1) is 0 Å². The van der Waals surface area contributed by atoms with Crippen LogP contribution in [-0.4, -0.2) is 34.2 Å². The number of nitrogens with zero attached hydrogens (tertiary/aromatic N) is 1. The Morgan fingerprint density at radius 3 is 2.46 bits per heavy atom. The van der Waals surface area contributed by atoms with E-state index in [0.717, 1.165) is 27.3 Å². The molecule has 7 heteroatoms.